The summed E-state index contributed by atoms with van der Waals surface area (Å²) in [5.74, 6) is 5.81. The van der Waals surface area contributed by atoms with E-state index >= 15 is 0 Å². The largest absolute Gasteiger partial charge is 0.284 e. The van der Waals surface area contributed by atoms with Gasteiger partial charge < -0.3 is 0 Å². The van der Waals surface area contributed by atoms with Crippen molar-refractivity contribution in [2.75, 3.05) is 0 Å². The zero-order valence-corrected chi connectivity index (χ0v) is 8.92. The predicted octanol–water partition coefficient (Wildman–Crippen LogP) is 2.80. The lowest BCUT2D eigenvalue weighted by atomic mass is 9.98. The van der Waals surface area contributed by atoms with Crippen LogP contribution in [0.5, 0.6) is 0 Å². The van der Waals surface area contributed by atoms with Crippen LogP contribution in [0.15, 0.2) is 30.3 Å². The molecule has 1 saturated carbocycles. The Morgan fingerprint density at radius 3 is 2.53 bits per heavy atom. The third-order valence-electron chi connectivity index (χ3n) is 3.11. The molecule has 0 bridgehead atoms. The van der Waals surface area contributed by atoms with Gasteiger partial charge in [-0.2, -0.15) is 0 Å². The summed E-state index contributed by atoms with van der Waals surface area (Å²) < 4.78 is 0. The summed E-state index contributed by atoms with van der Waals surface area (Å²) in [6.07, 6.45) is 2.97. The van der Waals surface area contributed by atoms with E-state index in [0.29, 0.717) is 0 Å². The van der Waals surface area contributed by atoms with Crippen molar-refractivity contribution in [2.45, 2.75) is 26.2 Å². The molecular formula is C14H14O. The summed E-state index contributed by atoms with van der Waals surface area (Å²) in [5, 5.41) is 0. The number of benzene rings is 1. The molecule has 15 heavy (non-hydrogen) atoms. The van der Waals surface area contributed by atoms with Gasteiger partial charge >= 0.3 is 0 Å². The Balaban J connectivity index is 2.10. The molecule has 0 aliphatic heterocycles. The molecular weight excluding hydrogens is 184 g/mol. The molecule has 1 aromatic rings. The maximum absolute atomic E-state index is 11.8. The van der Waals surface area contributed by atoms with Crippen molar-refractivity contribution in [3.8, 4) is 11.8 Å². The fraction of sp³-hybridized carbons (Fsp3) is 0.357. The van der Waals surface area contributed by atoms with Crippen LogP contribution in [0.3, 0.4) is 0 Å². The number of carbonyl (C=O) groups excluding carboxylic acids is 1. The fourth-order valence-electron chi connectivity index (χ4n) is 1.68. The highest BCUT2D eigenvalue weighted by atomic mass is 16.1. The van der Waals surface area contributed by atoms with E-state index < -0.39 is 0 Å². The van der Waals surface area contributed by atoms with E-state index in [0.717, 1.165) is 24.8 Å². The Kier molecular flexibility index (Phi) is 2.60. The lowest BCUT2D eigenvalue weighted by Gasteiger charge is -2.03. The van der Waals surface area contributed by atoms with Gasteiger partial charge in [-0.25, -0.2) is 0 Å². The lowest BCUT2D eigenvalue weighted by molar-refractivity contribution is -0.118. The molecule has 0 atom stereocenters. The molecule has 0 saturated heterocycles. The summed E-state index contributed by atoms with van der Waals surface area (Å²) in [7, 11) is 0. The summed E-state index contributed by atoms with van der Waals surface area (Å²) in [6.45, 7) is 2.06. The van der Waals surface area contributed by atoms with Gasteiger partial charge in [0.25, 0.3) is 0 Å². The average molecular weight is 198 g/mol. The molecule has 1 aliphatic rings. The van der Waals surface area contributed by atoms with Crippen molar-refractivity contribution in [3.05, 3.63) is 35.9 Å². The molecule has 1 aliphatic carbocycles. The van der Waals surface area contributed by atoms with Gasteiger partial charge in [0, 0.05) is 11.0 Å². The Morgan fingerprint density at radius 1 is 1.33 bits per heavy atom. The van der Waals surface area contributed by atoms with Gasteiger partial charge in [0.2, 0.25) is 5.78 Å². The van der Waals surface area contributed by atoms with Gasteiger partial charge in [-0.1, -0.05) is 31.0 Å². The van der Waals surface area contributed by atoms with Crippen LogP contribution < -0.4 is 0 Å². The zero-order chi connectivity index (χ0) is 10.7. The number of rotatable bonds is 2. The van der Waals surface area contributed by atoms with Crippen LogP contribution in [-0.2, 0) is 4.79 Å². The number of carbonyl (C=O) groups is 1. The molecule has 0 aromatic heterocycles. The number of hydrogen-bond acceptors (Lipinski definition) is 1. The predicted molar refractivity (Wildman–Crippen MR) is 60.3 cm³/mol. The molecule has 0 N–H and O–H groups in total. The van der Waals surface area contributed by atoms with Crippen LogP contribution in [0.4, 0.5) is 0 Å². The first-order valence-corrected chi connectivity index (χ1v) is 5.38. The SMILES string of the molecule is CCC1(C(=O)C#Cc2ccccc2)CC1. The molecule has 2 rings (SSSR count). The van der Waals surface area contributed by atoms with Crippen molar-refractivity contribution in [1.29, 1.82) is 0 Å². The van der Waals surface area contributed by atoms with Crippen molar-refractivity contribution >= 4 is 5.78 Å². The number of ketones is 1. The monoisotopic (exact) mass is 198 g/mol. The van der Waals surface area contributed by atoms with E-state index in [-0.39, 0.29) is 11.2 Å². The van der Waals surface area contributed by atoms with Gasteiger partial charge in [0.1, 0.15) is 0 Å². The molecule has 1 nitrogen and oxygen atoms in total. The molecule has 1 fully saturated rings. The molecule has 0 heterocycles. The van der Waals surface area contributed by atoms with Crippen molar-refractivity contribution in [1.82, 2.24) is 0 Å². The van der Waals surface area contributed by atoms with Crippen molar-refractivity contribution in [2.24, 2.45) is 5.41 Å². The Labute approximate surface area is 90.5 Å². The average Bonchev–Trinajstić information content (AvgIpc) is 3.08. The normalized spacial score (nSPS) is 16.3. The zero-order valence-electron chi connectivity index (χ0n) is 8.92. The third-order valence-corrected chi connectivity index (χ3v) is 3.11. The maximum Gasteiger partial charge on any atom is 0.211 e. The van der Waals surface area contributed by atoms with Crippen LogP contribution in [0.1, 0.15) is 31.7 Å². The highest BCUT2D eigenvalue weighted by Gasteiger charge is 2.46. The lowest BCUT2D eigenvalue weighted by Crippen LogP contribution is -2.11. The van der Waals surface area contributed by atoms with Crippen LogP contribution in [0.25, 0.3) is 0 Å². The standard InChI is InChI=1S/C14H14O/c1-2-14(10-11-14)13(15)9-8-12-6-4-3-5-7-12/h3-7H,2,10-11H2,1H3. The van der Waals surface area contributed by atoms with E-state index in [1.807, 2.05) is 30.3 Å². The van der Waals surface area contributed by atoms with Crippen LogP contribution >= 0.6 is 0 Å². The summed E-state index contributed by atoms with van der Waals surface area (Å²) in [5.41, 5.74) is 0.833. The van der Waals surface area contributed by atoms with Gasteiger partial charge in [-0.3, -0.25) is 4.79 Å². The molecule has 1 heteroatoms. The Bertz CT molecular complexity index is 416. The second-order valence-corrected chi connectivity index (χ2v) is 4.08. The van der Waals surface area contributed by atoms with Gasteiger partial charge in [-0.15, -0.1) is 0 Å². The molecule has 1 aromatic carbocycles. The first kappa shape index (κ1) is 9.98. The molecule has 0 unspecified atom stereocenters. The van der Waals surface area contributed by atoms with E-state index in [4.69, 9.17) is 0 Å². The summed E-state index contributed by atoms with van der Waals surface area (Å²) in [6, 6.07) is 9.65. The minimum absolute atomic E-state index is 0.0816. The quantitative estimate of drug-likeness (QED) is 0.668. The number of hydrogen-bond donors (Lipinski definition) is 0. The summed E-state index contributed by atoms with van der Waals surface area (Å²) >= 11 is 0. The van der Waals surface area contributed by atoms with Crippen LogP contribution in [0.2, 0.25) is 0 Å². The smallest absolute Gasteiger partial charge is 0.211 e. The van der Waals surface area contributed by atoms with Crippen molar-refractivity contribution < 1.29 is 4.79 Å². The summed E-state index contributed by atoms with van der Waals surface area (Å²) in [4.78, 5) is 11.8. The first-order chi connectivity index (χ1) is 7.27. The van der Waals surface area contributed by atoms with Crippen molar-refractivity contribution in [3.63, 3.8) is 0 Å². The maximum atomic E-state index is 11.8. The topological polar surface area (TPSA) is 17.1 Å². The minimum Gasteiger partial charge on any atom is -0.284 e. The van der Waals surface area contributed by atoms with E-state index in [2.05, 4.69) is 18.8 Å². The molecule has 0 radical (unpaired) electrons. The second-order valence-electron chi connectivity index (χ2n) is 4.08. The van der Waals surface area contributed by atoms with Gasteiger partial charge in [-0.05, 0) is 37.3 Å². The minimum atomic E-state index is -0.0816. The molecule has 0 amide bonds. The first-order valence-electron chi connectivity index (χ1n) is 5.38. The Morgan fingerprint density at radius 2 is 2.00 bits per heavy atom. The van der Waals surface area contributed by atoms with E-state index in [9.17, 15) is 4.79 Å². The van der Waals surface area contributed by atoms with Gasteiger partial charge in [0.05, 0.1) is 0 Å². The second kappa shape index (κ2) is 3.90. The number of Topliss-reactive ketones (excluding diaryl/α,β-unsaturated/α-hetero) is 1. The molecule has 0 spiro atoms. The van der Waals surface area contributed by atoms with Gasteiger partial charge in [0.15, 0.2) is 0 Å². The molecule has 76 valence electrons. The fourth-order valence-corrected chi connectivity index (χ4v) is 1.68. The van der Waals surface area contributed by atoms with E-state index in [1.165, 1.54) is 0 Å². The third kappa shape index (κ3) is 2.10. The van der Waals surface area contributed by atoms with E-state index in [1.54, 1.807) is 0 Å². The Hall–Kier alpha value is -1.55. The highest BCUT2D eigenvalue weighted by Crippen LogP contribution is 2.49. The highest BCUT2D eigenvalue weighted by molar-refractivity contribution is 6.02. The van der Waals surface area contributed by atoms with Crippen LogP contribution in [0, 0.1) is 17.3 Å². The van der Waals surface area contributed by atoms with Crippen LogP contribution in [-0.4, -0.2) is 5.78 Å².